The van der Waals surface area contributed by atoms with Gasteiger partial charge in [-0.2, -0.15) is 0 Å². The molecule has 2 rings (SSSR count). The Morgan fingerprint density at radius 1 is 1.60 bits per heavy atom. The summed E-state index contributed by atoms with van der Waals surface area (Å²) in [4.78, 5) is 4.13. The molecule has 2 heterocycles. The summed E-state index contributed by atoms with van der Waals surface area (Å²) >= 11 is 0.0181. The molecular formula is C7H5IN2. The van der Waals surface area contributed by atoms with E-state index in [1.807, 2.05) is 23.0 Å². The highest BCUT2D eigenvalue weighted by atomic mass is 127. The molecule has 10 heavy (non-hydrogen) atoms. The van der Waals surface area contributed by atoms with Crippen LogP contribution < -0.4 is 0 Å². The molecule has 0 aromatic carbocycles. The molecule has 0 bridgehead atoms. The predicted octanol–water partition coefficient (Wildman–Crippen LogP) is 1.71. The molecule has 1 aromatic heterocycles. The quantitative estimate of drug-likeness (QED) is 0.635. The fourth-order valence-corrected chi connectivity index (χ4v) is 1.94. The molecule has 0 aliphatic carbocycles. The average Bonchev–Trinajstić information content (AvgIpc) is 2.28. The number of rotatable bonds is 0. The summed E-state index contributed by atoms with van der Waals surface area (Å²) in [7, 11) is 0. The first-order valence-electron chi connectivity index (χ1n) is 2.87. The van der Waals surface area contributed by atoms with Crippen LogP contribution >= 0.6 is 20.7 Å². The molecule has 0 saturated carbocycles. The second-order valence-corrected chi connectivity index (χ2v) is 3.80. The number of hydrogen-bond donors (Lipinski definition) is 0. The van der Waals surface area contributed by atoms with Crippen molar-refractivity contribution in [2.45, 2.75) is 0 Å². The minimum absolute atomic E-state index is 0.0181. The highest BCUT2D eigenvalue weighted by Gasteiger charge is 1.93. The predicted molar refractivity (Wildman–Crippen MR) is 51.0 cm³/mol. The number of hydrogen-bond acceptors (Lipinski definition) is 1. The van der Waals surface area contributed by atoms with E-state index in [1.54, 1.807) is 6.20 Å². The van der Waals surface area contributed by atoms with Crippen LogP contribution in [0.1, 0.15) is 5.82 Å². The third-order valence-corrected chi connectivity index (χ3v) is 2.58. The summed E-state index contributed by atoms with van der Waals surface area (Å²) in [6, 6.07) is 0. The second-order valence-electron chi connectivity index (χ2n) is 1.83. The van der Waals surface area contributed by atoms with E-state index in [1.165, 1.54) is 0 Å². The maximum Gasteiger partial charge on any atom is 0.144 e. The lowest BCUT2D eigenvalue weighted by Gasteiger charge is -1.90. The van der Waals surface area contributed by atoms with Gasteiger partial charge in [-0.15, -0.1) is 0 Å². The topological polar surface area (TPSA) is 17.8 Å². The Bertz CT molecular complexity index is 329. The Kier molecular flexibility index (Phi) is 1.53. The second kappa shape index (κ2) is 2.52. The normalized spacial score (nSPS) is 14.0. The van der Waals surface area contributed by atoms with Crippen molar-refractivity contribution in [1.82, 2.24) is 9.55 Å². The average molecular weight is 244 g/mol. The first-order valence-corrected chi connectivity index (χ1v) is 5.20. The lowest BCUT2D eigenvalue weighted by atomic mass is 10.6. The Morgan fingerprint density at radius 2 is 2.60 bits per heavy atom. The van der Waals surface area contributed by atoms with E-state index in [-0.39, 0.29) is 20.7 Å². The number of imidazole rings is 1. The molecule has 0 atom stereocenters. The van der Waals surface area contributed by atoms with Gasteiger partial charge in [0, 0.05) is 24.7 Å². The van der Waals surface area contributed by atoms with E-state index in [0.717, 1.165) is 5.82 Å². The standard InChI is InChI=1S/C7H5IN2/c1-2-8-3-5-10-6-4-9-7(1)10/h1,3-6H. The van der Waals surface area contributed by atoms with Gasteiger partial charge in [-0.05, 0) is 24.8 Å². The van der Waals surface area contributed by atoms with Crippen LogP contribution in [-0.2, 0) is 0 Å². The van der Waals surface area contributed by atoms with Gasteiger partial charge < -0.3 is 4.57 Å². The monoisotopic (exact) mass is 244 g/mol. The van der Waals surface area contributed by atoms with E-state index < -0.39 is 0 Å². The number of halogens is 1. The summed E-state index contributed by atoms with van der Waals surface area (Å²) in [5.41, 5.74) is 0. The maximum absolute atomic E-state index is 4.13. The highest BCUT2D eigenvalue weighted by Crippen LogP contribution is 2.07. The van der Waals surface area contributed by atoms with Gasteiger partial charge in [-0.1, -0.05) is 3.67 Å². The molecule has 0 N–H and O–H groups in total. The first kappa shape index (κ1) is 6.07. The van der Waals surface area contributed by atoms with Gasteiger partial charge in [0.05, 0.1) is 0 Å². The van der Waals surface area contributed by atoms with Crippen LogP contribution in [0.2, 0.25) is 0 Å². The lowest BCUT2D eigenvalue weighted by Crippen LogP contribution is -1.85. The molecule has 0 radical (unpaired) electrons. The van der Waals surface area contributed by atoms with E-state index in [2.05, 4.69) is 12.7 Å². The zero-order chi connectivity index (χ0) is 6.81. The molecule has 0 unspecified atom stereocenters. The van der Waals surface area contributed by atoms with Crippen molar-refractivity contribution in [3.63, 3.8) is 0 Å². The summed E-state index contributed by atoms with van der Waals surface area (Å²) in [6.07, 6.45) is 7.74. The molecule has 2 nitrogen and oxygen atoms in total. The van der Waals surface area contributed by atoms with E-state index in [4.69, 9.17) is 0 Å². The fraction of sp³-hybridized carbons (Fsp3) is 0. The van der Waals surface area contributed by atoms with Crippen LogP contribution in [0.5, 0.6) is 0 Å². The molecule has 3 heteroatoms. The van der Waals surface area contributed by atoms with Gasteiger partial charge in [0.1, 0.15) is 5.82 Å². The highest BCUT2D eigenvalue weighted by molar-refractivity contribution is 14.2. The molecule has 1 aliphatic heterocycles. The molecular weight excluding hydrogens is 239 g/mol. The van der Waals surface area contributed by atoms with E-state index >= 15 is 0 Å². The van der Waals surface area contributed by atoms with Crippen molar-refractivity contribution in [3.05, 3.63) is 22.3 Å². The Morgan fingerprint density at radius 3 is 3.60 bits per heavy atom. The Balaban J connectivity index is 2.68. The van der Waals surface area contributed by atoms with Crippen molar-refractivity contribution in [2.75, 3.05) is 0 Å². The molecule has 1 aliphatic rings. The van der Waals surface area contributed by atoms with Crippen molar-refractivity contribution >= 4 is 36.7 Å². The van der Waals surface area contributed by atoms with Crippen LogP contribution in [-0.4, -0.2) is 13.2 Å². The minimum atomic E-state index is 0.0181. The Labute approximate surface area is 68.6 Å². The van der Waals surface area contributed by atoms with Crippen molar-refractivity contribution in [1.29, 1.82) is 0 Å². The van der Waals surface area contributed by atoms with Crippen LogP contribution in [0.3, 0.4) is 0 Å². The molecule has 0 spiro atoms. The van der Waals surface area contributed by atoms with Crippen molar-refractivity contribution in [3.8, 4) is 0 Å². The van der Waals surface area contributed by atoms with E-state index in [9.17, 15) is 0 Å². The molecule has 1 aromatic rings. The number of fused-ring (bicyclic) bond motifs is 1. The molecule has 0 saturated heterocycles. The van der Waals surface area contributed by atoms with Gasteiger partial charge in [0.2, 0.25) is 0 Å². The summed E-state index contributed by atoms with van der Waals surface area (Å²) < 4.78 is 7.36. The zero-order valence-electron chi connectivity index (χ0n) is 5.16. The molecule has 0 amide bonds. The zero-order valence-corrected chi connectivity index (χ0v) is 7.32. The minimum Gasteiger partial charge on any atom is -0.306 e. The first-order chi connectivity index (χ1) is 4.97. The lowest BCUT2D eigenvalue weighted by molar-refractivity contribution is 1.11. The van der Waals surface area contributed by atoms with Crippen LogP contribution in [0, 0.1) is 0 Å². The third kappa shape index (κ3) is 0.978. The number of nitrogens with zero attached hydrogens (tertiary/aromatic N) is 2. The van der Waals surface area contributed by atoms with Gasteiger partial charge in [0.15, 0.2) is 0 Å². The third-order valence-electron chi connectivity index (χ3n) is 1.23. The summed E-state index contributed by atoms with van der Waals surface area (Å²) in [6.45, 7) is 0. The van der Waals surface area contributed by atoms with Crippen LogP contribution in [0.15, 0.2) is 16.5 Å². The van der Waals surface area contributed by atoms with Crippen molar-refractivity contribution in [2.24, 2.45) is 0 Å². The fourth-order valence-electron chi connectivity index (χ4n) is 0.768. The van der Waals surface area contributed by atoms with E-state index in [0.29, 0.717) is 0 Å². The van der Waals surface area contributed by atoms with Gasteiger partial charge in [-0.25, -0.2) is 4.98 Å². The van der Waals surface area contributed by atoms with Crippen LogP contribution in [0.25, 0.3) is 12.3 Å². The Hall–Kier alpha value is -0.670. The van der Waals surface area contributed by atoms with Gasteiger partial charge in [0.25, 0.3) is 0 Å². The van der Waals surface area contributed by atoms with Crippen LogP contribution in [0.4, 0.5) is 0 Å². The summed E-state index contributed by atoms with van der Waals surface area (Å²) in [5, 5.41) is 0. The van der Waals surface area contributed by atoms with Gasteiger partial charge in [-0.3, -0.25) is 0 Å². The maximum atomic E-state index is 4.13. The largest absolute Gasteiger partial charge is 0.306 e. The smallest absolute Gasteiger partial charge is 0.144 e. The molecule has 0 fully saturated rings. The SMILES string of the molecule is C1=Cc2nccn2C=CI=1. The van der Waals surface area contributed by atoms with Gasteiger partial charge >= 0.3 is 0 Å². The van der Waals surface area contributed by atoms with Crippen molar-refractivity contribution < 1.29 is 0 Å². The number of aromatic nitrogens is 2. The molecule has 50 valence electrons. The summed E-state index contributed by atoms with van der Waals surface area (Å²) in [5.74, 6) is 0.980.